The molecule has 2 unspecified atom stereocenters. The monoisotopic (exact) mass is 359 g/mol. The molecule has 13 heavy (non-hydrogen) atoms. The van der Waals surface area contributed by atoms with Gasteiger partial charge >= 0.3 is 6.09 Å². The second-order valence-electron chi connectivity index (χ2n) is 1.89. The first-order valence-corrected chi connectivity index (χ1v) is 5.45. The maximum absolute atomic E-state index is 10.9. The number of alkyl carbamates (subject to hydrolysis) is 1. The Hall–Kier alpha value is 1.59. The molecule has 1 amide bonds. The number of ether oxygens (including phenoxy) is 1. The number of thiol groups is 4. The first-order chi connectivity index (χ1) is 5.60. The van der Waals surface area contributed by atoms with Crippen LogP contribution >= 0.6 is 50.5 Å². The molecule has 0 aromatic heterocycles. The molecule has 0 bridgehead atoms. The van der Waals surface area contributed by atoms with E-state index in [0.717, 1.165) is 0 Å². The molecule has 0 aliphatic rings. The van der Waals surface area contributed by atoms with Crippen molar-refractivity contribution in [2.45, 2.75) is 10.8 Å². The molecule has 0 spiro atoms. The van der Waals surface area contributed by atoms with E-state index < -0.39 is 11.5 Å². The molecule has 3 nitrogen and oxygen atoms in total. The summed E-state index contributed by atoms with van der Waals surface area (Å²) in [7, 11) is 0. The van der Waals surface area contributed by atoms with Crippen LogP contribution in [0.25, 0.3) is 0 Å². The van der Waals surface area contributed by atoms with Gasteiger partial charge in [0.2, 0.25) is 0 Å². The van der Waals surface area contributed by atoms with E-state index in [1.54, 1.807) is 0 Å². The number of rotatable bonds is 4. The van der Waals surface area contributed by atoms with Crippen LogP contribution in [0.2, 0.25) is 0 Å². The van der Waals surface area contributed by atoms with Gasteiger partial charge in [-0.1, -0.05) is 0 Å². The normalized spacial score (nSPS) is 13.8. The molecule has 1 N–H and O–H groups in total. The molecular weight excluding hydrogens is 347 g/mol. The molecule has 0 aliphatic heterocycles. The van der Waals surface area contributed by atoms with Gasteiger partial charge in [0.25, 0.3) is 0 Å². The second-order valence-corrected chi connectivity index (χ2v) is 3.81. The molecule has 0 aromatic carbocycles. The van der Waals surface area contributed by atoms with Gasteiger partial charge in [-0.15, -0.1) is 12.6 Å². The molecule has 0 saturated heterocycles. The Morgan fingerprint density at radius 1 is 1.31 bits per heavy atom. The summed E-state index contributed by atoms with van der Waals surface area (Å²) >= 11 is 15.7. The first kappa shape index (κ1) is 17.0. The number of carbonyl (C=O) groups is 1. The average molecular weight is 358 g/mol. The van der Waals surface area contributed by atoms with Crippen molar-refractivity contribution in [2.24, 2.45) is 0 Å². The van der Waals surface area contributed by atoms with Crippen molar-refractivity contribution < 1.29 is 36.8 Å². The average Bonchev–Trinajstić information content (AvgIpc) is 2.03. The molecule has 0 aliphatic carbocycles. The summed E-state index contributed by atoms with van der Waals surface area (Å²) < 4.78 is 4.73. The minimum Gasteiger partial charge on any atom is -0.435 e. The Kier molecular flexibility index (Phi) is 13.2. The summed E-state index contributed by atoms with van der Waals surface area (Å²) in [5.74, 6) is 0.810. The van der Waals surface area contributed by atoms with E-state index in [4.69, 9.17) is 4.74 Å². The minimum absolute atomic E-state index is 0. The number of amides is 1. The van der Waals surface area contributed by atoms with E-state index in [-0.39, 0.29) is 32.7 Å². The van der Waals surface area contributed by atoms with Crippen molar-refractivity contribution in [3.05, 3.63) is 0 Å². The van der Waals surface area contributed by atoms with E-state index in [9.17, 15) is 4.79 Å². The molecule has 0 rings (SSSR count). The van der Waals surface area contributed by atoms with Crippen molar-refractivity contribution in [3.8, 4) is 0 Å². The van der Waals surface area contributed by atoms with Gasteiger partial charge in [0, 0.05) is 38.8 Å². The first-order valence-electron chi connectivity index (χ1n) is 3.15. The van der Waals surface area contributed by atoms with Crippen LogP contribution in [-0.2, 0) is 32.0 Å². The van der Waals surface area contributed by atoms with Crippen molar-refractivity contribution >= 4 is 56.6 Å². The fourth-order valence-electron chi connectivity index (χ4n) is 0.377. The van der Waals surface area contributed by atoms with Crippen LogP contribution in [0.5, 0.6) is 0 Å². The standard InChI is InChI=1S/C5H11NO2S4.Cd/c7-5(6-3(11)1-9)8-4(12)2-10;/h3-4,9-12H,1-2H2,(H,6,7);. The Bertz CT molecular complexity index is 136. The SMILES string of the molecule is O=C(NC(S)CS)OC(S)CS.[Cd]. The van der Waals surface area contributed by atoms with Crippen LogP contribution in [0.15, 0.2) is 0 Å². The zero-order chi connectivity index (χ0) is 9.56. The van der Waals surface area contributed by atoms with Crippen LogP contribution < -0.4 is 5.32 Å². The molecule has 0 fully saturated rings. The largest absolute Gasteiger partial charge is 0.435 e. The smallest absolute Gasteiger partial charge is 0.409 e. The van der Waals surface area contributed by atoms with Crippen molar-refractivity contribution in [1.82, 2.24) is 5.32 Å². The molecule has 0 radical (unpaired) electrons. The molecule has 2 atom stereocenters. The zero-order valence-electron chi connectivity index (χ0n) is 6.88. The third kappa shape index (κ3) is 9.89. The van der Waals surface area contributed by atoms with Crippen LogP contribution in [0.3, 0.4) is 0 Å². The van der Waals surface area contributed by atoms with E-state index in [2.05, 4.69) is 55.8 Å². The van der Waals surface area contributed by atoms with Crippen molar-refractivity contribution in [3.63, 3.8) is 0 Å². The van der Waals surface area contributed by atoms with E-state index in [1.165, 1.54) is 0 Å². The summed E-state index contributed by atoms with van der Waals surface area (Å²) in [6, 6.07) is 0. The number of hydrogen-bond acceptors (Lipinski definition) is 6. The van der Waals surface area contributed by atoms with E-state index in [0.29, 0.717) is 11.5 Å². The molecule has 0 aromatic rings. The van der Waals surface area contributed by atoms with E-state index >= 15 is 0 Å². The number of hydrogen-bond donors (Lipinski definition) is 5. The van der Waals surface area contributed by atoms with Crippen LogP contribution in [0.1, 0.15) is 0 Å². The Morgan fingerprint density at radius 3 is 2.23 bits per heavy atom. The van der Waals surface area contributed by atoms with Gasteiger partial charge in [0.1, 0.15) is 0 Å². The molecule has 74 valence electrons. The Morgan fingerprint density at radius 2 is 1.85 bits per heavy atom. The van der Waals surface area contributed by atoms with Gasteiger partial charge < -0.3 is 10.1 Å². The van der Waals surface area contributed by atoms with Crippen molar-refractivity contribution in [2.75, 3.05) is 11.5 Å². The maximum Gasteiger partial charge on any atom is 0.409 e. The zero-order valence-corrected chi connectivity index (χ0v) is 14.5. The van der Waals surface area contributed by atoms with Gasteiger partial charge in [-0.05, 0) is 0 Å². The van der Waals surface area contributed by atoms with Crippen LogP contribution in [0, 0.1) is 0 Å². The maximum atomic E-state index is 10.9. The van der Waals surface area contributed by atoms with Gasteiger partial charge in [-0.25, -0.2) is 4.79 Å². The summed E-state index contributed by atoms with van der Waals surface area (Å²) in [6.07, 6.45) is -0.557. The molecule has 0 saturated carbocycles. The quantitative estimate of drug-likeness (QED) is 0.297. The van der Waals surface area contributed by atoms with Crippen molar-refractivity contribution in [1.29, 1.82) is 0 Å². The fourth-order valence-corrected chi connectivity index (χ4v) is 0.743. The second kappa shape index (κ2) is 10.1. The van der Waals surface area contributed by atoms with Crippen LogP contribution in [-0.4, -0.2) is 28.4 Å². The summed E-state index contributed by atoms with van der Waals surface area (Å²) in [6.45, 7) is 0. The summed E-state index contributed by atoms with van der Waals surface area (Å²) in [5.41, 5.74) is -0.492. The molecular formula is C5H11CdNO2S4. The number of carbonyl (C=O) groups excluding carboxylic acids is 1. The molecule has 0 heterocycles. The van der Waals surface area contributed by atoms with Gasteiger partial charge in [-0.3, -0.25) is 0 Å². The third-order valence-corrected chi connectivity index (χ3v) is 2.73. The Balaban J connectivity index is 0. The predicted molar refractivity (Wildman–Crippen MR) is 62.9 cm³/mol. The predicted octanol–water partition coefficient (Wildman–Crippen LogP) is 1.08. The molecule has 8 heteroatoms. The van der Waals surface area contributed by atoms with Gasteiger partial charge in [-0.2, -0.15) is 37.9 Å². The van der Waals surface area contributed by atoms with E-state index in [1.807, 2.05) is 0 Å². The minimum atomic E-state index is -0.557. The Labute approximate surface area is 120 Å². The number of nitrogens with one attached hydrogen (secondary N) is 1. The third-order valence-electron chi connectivity index (χ3n) is 0.857. The van der Waals surface area contributed by atoms with Gasteiger partial charge in [0.05, 0.1) is 5.37 Å². The van der Waals surface area contributed by atoms with Crippen LogP contribution in [0.4, 0.5) is 4.79 Å². The summed E-state index contributed by atoms with van der Waals surface area (Å²) in [4.78, 5) is 10.9. The topological polar surface area (TPSA) is 38.3 Å². The van der Waals surface area contributed by atoms with Gasteiger partial charge in [0.15, 0.2) is 5.44 Å². The summed E-state index contributed by atoms with van der Waals surface area (Å²) in [5, 5.41) is 2.13. The fraction of sp³-hybridized carbons (Fsp3) is 0.800.